The van der Waals surface area contributed by atoms with E-state index < -0.39 is 0 Å². The zero-order valence-electron chi connectivity index (χ0n) is 11.8. The Morgan fingerprint density at radius 1 is 1.40 bits per heavy atom. The van der Waals surface area contributed by atoms with Gasteiger partial charge in [0.25, 0.3) is 5.91 Å². The van der Waals surface area contributed by atoms with Crippen molar-refractivity contribution in [3.63, 3.8) is 0 Å². The third-order valence-electron chi connectivity index (χ3n) is 2.62. The zero-order valence-corrected chi connectivity index (χ0v) is 13.5. The molecule has 0 fully saturated rings. The molecular formula is C14H19ClN2O2S. The molecule has 20 heavy (non-hydrogen) atoms. The molecule has 0 atom stereocenters. The first-order valence-corrected chi connectivity index (χ1v) is 7.14. The monoisotopic (exact) mass is 314 g/mol. The van der Waals surface area contributed by atoms with Crippen LogP contribution in [0.4, 0.5) is 0 Å². The van der Waals surface area contributed by atoms with Crippen molar-refractivity contribution >= 4 is 36.0 Å². The summed E-state index contributed by atoms with van der Waals surface area (Å²) in [6, 6.07) is 4.91. The topological polar surface area (TPSA) is 49.4 Å². The predicted molar refractivity (Wildman–Crippen MR) is 83.5 cm³/mol. The summed E-state index contributed by atoms with van der Waals surface area (Å²) >= 11 is 10.2. The summed E-state index contributed by atoms with van der Waals surface area (Å²) in [4.78, 5) is 25.9. The Balaban J connectivity index is 2.67. The van der Waals surface area contributed by atoms with Crippen molar-refractivity contribution in [1.29, 1.82) is 0 Å². The van der Waals surface area contributed by atoms with E-state index in [0.29, 0.717) is 27.9 Å². The van der Waals surface area contributed by atoms with E-state index in [1.54, 1.807) is 25.2 Å². The van der Waals surface area contributed by atoms with Crippen LogP contribution in [0.1, 0.15) is 24.2 Å². The zero-order chi connectivity index (χ0) is 15.3. The van der Waals surface area contributed by atoms with Gasteiger partial charge in [0, 0.05) is 18.5 Å². The molecule has 1 aromatic rings. The molecule has 0 aliphatic rings. The molecule has 4 nitrogen and oxygen atoms in total. The fraction of sp³-hybridized carbons (Fsp3) is 0.429. The number of amides is 2. The molecule has 0 aliphatic heterocycles. The summed E-state index contributed by atoms with van der Waals surface area (Å²) in [6.45, 7) is 4.60. The molecule has 1 aromatic carbocycles. The quantitative estimate of drug-likeness (QED) is 0.820. The van der Waals surface area contributed by atoms with Crippen LogP contribution in [0.15, 0.2) is 23.1 Å². The lowest BCUT2D eigenvalue weighted by atomic mass is 10.2. The highest BCUT2D eigenvalue weighted by molar-refractivity contribution is 7.80. The smallest absolute Gasteiger partial charge is 0.255 e. The number of nitrogens with one attached hydrogen (secondary N) is 1. The molecule has 0 bridgehead atoms. The highest BCUT2D eigenvalue weighted by atomic mass is 35.5. The molecule has 2 amide bonds. The minimum Gasteiger partial charge on any atom is -0.354 e. The van der Waals surface area contributed by atoms with Gasteiger partial charge in [-0.1, -0.05) is 25.4 Å². The van der Waals surface area contributed by atoms with Crippen LogP contribution in [0.5, 0.6) is 0 Å². The van der Waals surface area contributed by atoms with E-state index in [0.717, 1.165) is 0 Å². The number of hydrogen-bond donors (Lipinski definition) is 2. The van der Waals surface area contributed by atoms with Gasteiger partial charge in [-0.15, -0.1) is 12.6 Å². The number of likely N-dealkylation sites (N-methyl/N-ethyl adjacent to an activating group) is 1. The highest BCUT2D eigenvalue weighted by Crippen LogP contribution is 2.20. The molecule has 110 valence electrons. The maximum absolute atomic E-state index is 12.2. The van der Waals surface area contributed by atoms with Gasteiger partial charge in [0.15, 0.2) is 0 Å². The van der Waals surface area contributed by atoms with Crippen molar-refractivity contribution in [2.24, 2.45) is 5.92 Å². The van der Waals surface area contributed by atoms with Crippen LogP contribution in [0.3, 0.4) is 0 Å². The summed E-state index contributed by atoms with van der Waals surface area (Å²) in [7, 11) is 1.57. The van der Waals surface area contributed by atoms with Crippen LogP contribution < -0.4 is 5.32 Å². The van der Waals surface area contributed by atoms with E-state index in [9.17, 15) is 9.59 Å². The number of carbonyl (C=O) groups excluding carboxylic acids is 2. The van der Waals surface area contributed by atoms with Crippen LogP contribution in [0.25, 0.3) is 0 Å². The van der Waals surface area contributed by atoms with E-state index in [2.05, 4.69) is 17.9 Å². The summed E-state index contributed by atoms with van der Waals surface area (Å²) in [5.41, 5.74) is 0.346. The Labute approximate surface area is 129 Å². The van der Waals surface area contributed by atoms with Crippen molar-refractivity contribution in [3.8, 4) is 0 Å². The van der Waals surface area contributed by atoms with Crippen molar-refractivity contribution < 1.29 is 9.59 Å². The summed E-state index contributed by atoms with van der Waals surface area (Å²) in [6.07, 6.45) is 0. The van der Waals surface area contributed by atoms with Gasteiger partial charge in [0.1, 0.15) is 0 Å². The maximum atomic E-state index is 12.2. The van der Waals surface area contributed by atoms with Crippen molar-refractivity contribution in [1.82, 2.24) is 10.2 Å². The molecular weight excluding hydrogens is 296 g/mol. The normalized spacial score (nSPS) is 10.5. The molecule has 0 spiro atoms. The number of thiol groups is 1. The van der Waals surface area contributed by atoms with Crippen molar-refractivity contribution in [3.05, 3.63) is 28.8 Å². The Morgan fingerprint density at radius 2 is 2.05 bits per heavy atom. The van der Waals surface area contributed by atoms with Gasteiger partial charge in [-0.05, 0) is 24.1 Å². The average molecular weight is 315 g/mol. The molecule has 0 heterocycles. The predicted octanol–water partition coefficient (Wildman–Crippen LogP) is 2.47. The highest BCUT2D eigenvalue weighted by Gasteiger charge is 2.17. The molecule has 0 aliphatic carbocycles. The minimum absolute atomic E-state index is 0.00131. The molecule has 0 saturated heterocycles. The van der Waals surface area contributed by atoms with Crippen LogP contribution in [-0.4, -0.2) is 36.9 Å². The Hall–Kier alpha value is -1.20. The number of halogens is 1. The van der Waals surface area contributed by atoms with E-state index in [1.165, 1.54) is 4.90 Å². The standard InChI is InChI=1S/C14H19ClN2O2S/c1-9(2)7-16-13(18)8-17(3)14(19)11-6-10(20)4-5-12(11)15/h4-6,9,20H,7-8H2,1-3H3,(H,16,18). The van der Waals surface area contributed by atoms with Crippen molar-refractivity contribution in [2.45, 2.75) is 18.7 Å². The first kappa shape index (κ1) is 16.9. The van der Waals surface area contributed by atoms with Crippen LogP contribution >= 0.6 is 24.2 Å². The van der Waals surface area contributed by atoms with Gasteiger partial charge < -0.3 is 10.2 Å². The molecule has 0 saturated carbocycles. The third kappa shape index (κ3) is 5.06. The van der Waals surface area contributed by atoms with Gasteiger partial charge in [0.2, 0.25) is 5.91 Å². The number of nitrogens with zero attached hydrogens (tertiary/aromatic N) is 1. The fourth-order valence-electron chi connectivity index (χ4n) is 1.54. The first-order valence-electron chi connectivity index (χ1n) is 6.32. The minimum atomic E-state index is -0.300. The average Bonchev–Trinajstić information content (AvgIpc) is 2.38. The van der Waals surface area contributed by atoms with E-state index in [4.69, 9.17) is 11.6 Å². The first-order chi connectivity index (χ1) is 9.31. The Morgan fingerprint density at radius 3 is 2.65 bits per heavy atom. The molecule has 1 rings (SSSR count). The fourth-order valence-corrected chi connectivity index (χ4v) is 1.95. The maximum Gasteiger partial charge on any atom is 0.255 e. The van der Waals surface area contributed by atoms with E-state index >= 15 is 0 Å². The van der Waals surface area contributed by atoms with E-state index in [1.807, 2.05) is 13.8 Å². The van der Waals surface area contributed by atoms with Gasteiger partial charge in [-0.3, -0.25) is 9.59 Å². The third-order valence-corrected chi connectivity index (χ3v) is 3.22. The summed E-state index contributed by atoms with van der Waals surface area (Å²) < 4.78 is 0. The molecule has 6 heteroatoms. The molecule has 0 aromatic heterocycles. The second-order valence-corrected chi connectivity index (χ2v) is 5.95. The van der Waals surface area contributed by atoms with Crippen molar-refractivity contribution in [2.75, 3.05) is 20.1 Å². The largest absolute Gasteiger partial charge is 0.354 e. The second-order valence-electron chi connectivity index (χ2n) is 5.02. The number of rotatable bonds is 5. The molecule has 0 radical (unpaired) electrons. The van der Waals surface area contributed by atoms with E-state index in [-0.39, 0.29) is 18.4 Å². The number of carbonyl (C=O) groups is 2. The lowest BCUT2D eigenvalue weighted by molar-refractivity contribution is -0.121. The number of benzene rings is 1. The van der Waals surface area contributed by atoms with Gasteiger partial charge in [-0.25, -0.2) is 0 Å². The van der Waals surface area contributed by atoms with Crippen LogP contribution in [0, 0.1) is 5.92 Å². The lowest BCUT2D eigenvalue weighted by Gasteiger charge is -2.18. The van der Waals surface area contributed by atoms with Gasteiger partial charge >= 0.3 is 0 Å². The molecule has 1 N–H and O–H groups in total. The van der Waals surface area contributed by atoms with Crippen LogP contribution in [0.2, 0.25) is 5.02 Å². The number of hydrogen-bond acceptors (Lipinski definition) is 3. The SMILES string of the molecule is CC(C)CNC(=O)CN(C)C(=O)c1cc(S)ccc1Cl. The Kier molecular flexibility index (Phi) is 6.36. The van der Waals surface area contributed by atoms with Gasteiger partial charge in [-0.2, -0.15) is 0 Å². The second kappa shape index (κ2) is 7.55. The summed E-state index contributed by atoms with van der Waals surface area (Å²) in [5, 5.41) is 3.11. The van der Waals surface area contributed by atoms with Crippen LogP contribution in [-0.2, 0) is 4.79 Å². The molecule has 0 unspecified atom stereocenters. The summed E-state index contributed by atoms with van der Waals surface area (Å²) in [5.74, 6) is -0.117. The van der Waals surface area contributed by atoms with Gasteiger partial charge in [0.05, 0.1) is 17.1 Å². The Bertz CT molecular complexity index is 506. The lowest BCUT2D eigenvalue weighted by Crippen LogP contribution is -2.39.